The molecule has 0 amide bonds. The van der Waals surface area contributed by atoms with Crippen LogP contribution in [0.4, 0.5) is 0 Å². The molecule has 0 radical (unpaired) electrons. The Labute approximate surface area is 283 Å². The molecule has 1 aromatic heterocycles. The van der Waals surface area contributed by atoms with Crippen LogP contribution in [0, 0.1) is 34.0 Å². The predicted octanol–water partition coefficient (Wildman–Crippen LogP) is 2.79. The van der Waals surface area contributed by atoms with Crippen molar-refractivity contribution < 1.29 is 66.7 Å². The minimum atomic E-state index is -2.20. The highest BCUT2D eigenvalue weighted by atomic mass is 16.6. The average Bonchev–Trinajstić information content (AvgIpc) is 3.59. The molecule has 49 heavy (non-hydrogen) atoms. The van der Waals surface area contributed by atoms with Crippen LogP contribution in [0.5, 0.6) is 0 Å². The number of cyclic esters (lactones) is 1. The third kappa shape index (κ3) is 4.96. The summed E-state index contributed by atoms with van der Waals surface area (Å²) in [5, 5.41) is 12.4. The zero-order valence-corrected chi connectivity index (χ0v) is 29.1. The summed E-state index contributed by atoms with van der Waals surface area (Å²) in [7, 11) is 1.19. The summed E-state index contributed by atoms with van der Waals surface area (Å²) in [4.78, 5) is 81.1. The van der Waals surface area contributed by atoms with Gasteiger partial charge in [0.2, 0.25) is 6.10 Å². The third-order valence-corrected chi connectivity index (χ3v) is 11.4. The molecule has 0 aromatic carbocycles. The van der Waals surface area contributed by atoms with E-state index in [9.17, 15) is 29.1 Å². The zero-order chi connectivity index (χ0) is 36.6. The van der Waals surface area contributed by atoms with Crippen molar-refractivity contribution in [3.05, 3.63) is 36.3 Å². The molecule has 2 aliphatic heterocycles. The van der Waals surface area contributed by atoms with Gasteiger partial charge in [-0.05, 0) is 31.4 Å². The minimum absolute atomic E-state index is 0.0767. The second kappa shape index (κ2) is 12.1. The van der Waals surface area contributed by atoms with Gasteiger partial charge in [0.1, 0.15) is 23.9 Å². The maximum Gasteiger partial charge on any atom is 0.351 e. The van der Waals surface area contributed by atoms with Crippen molar-refractivity contribution >= 4 is 35.6 Å². The van der Waals surface area contributed by atoms with Crippen molar-refractivity contribution in [3.63, 3.8) is 0 Å². The molecule has 2 bridgehead atoms. The van der Waals surface area contributed by atoms with Crippen LogP contribution in [0.3, 0.4) is 0 Å². The van der Waals surface area contributed by atoms with E-state index in [-0.39, 0.29) is 12.0 Å². The molecule has 4 fully saturated rings. The minimum Gasteiger partial charge on any atom is -0.472 e. The predicted molar refractivity (Wildman–Crippen MR) is 165 cm³/mol. The van der Waals surface area contributed by atoms with Gasteiger partial charge in [-0.1, -0.05) is 34.3 Å². The number of aliphatic hydroxyl groups excluding tert-OH is 1. The van der Waals surface area contributed by atoms with E-state index < -0.39 is 112 Å². The van der Waals surface area contributed by atoms with Crippen LogP contribution in [0.25, 0.3) is 0 Å². The summed E-state index contributed by atoms with van der Waals surface area (Å²) in [6, 6.07) is 1.51. The molecule has 2 saturated heterocycles. The molecule has 11 atom stereocenters. The highest BCUT2D eigenvalue weighted by Gasteiger charge is 2.83. The van der Waals surface area contributed by atoms with Gasteiger partial charge in [0, 0.05) is 24.8 Å². The summed E-state index contributed by atoms with van der Waals surface area (Å²) < 4.78 is 40.9. The fourth-order valence-electron chi connectivity index (χ4n) is 8.95. The summed E-state index contributed by atoms with van der Waals surface area (Å²) in [6.45, 7) is 16.0. The van der Waals surface area contributed by atoms with Crippen molar-refractivity contribution in [2.45, 2.75) is 104 Å². The Bertz CT molecular complexity index is 1580. The van der Waals surface area contributed by atoms with Gasteiger partial charge < -0.3 is 37.9 Å². The van der Waals surface area contributed by atoms with E-state index in [1.165, 1.54) is 46.5 Å². The maximum atomic E-state index is 15.4. The topological polar surface area (TPSA) is 191 Å². The molecule has 14 heteroatoms. The molecule has 1 N–H and O–H groups in total. The lowest BCUT2D eigenvalue weighted by molar-refractivity contribution is -0.317. The number of ether oxygens (including phenoxy) is 6. The number of fused-ring (bicyclic) bond motifs is 2. The lowest BCUT2D eigenvalue weighted by Gasteiger charge is -2.62. The lowest BCUT2D eigenvalue weighted by Crippen LogP contribution is -2.75. The molecule has 1 aromatic rings. The van der Waals surface area contributed by atoms with Gasteiger partial charge in [0.15, 0.2) is 11.9 Å². The number of ketones is 1. The Morgan fingerprint density at radius 2 is 1.65 bits per heavy atom. The fourth-order valence-corrected chi connectivity index (χ4v) is 8.95. The summed E-state index contributed by atoms with van der Waals surface area (Å²) in [5.74, 6) is -7.93. The molecule has 1 spiro atoms. The molecule has 11 unspecified atom stereocenters. The van der Waals surface area contributed by atoms with Crippen LogP contribution in [0.2, 0.25) is 0 Å². The largest absolute Gasteiger partial charge is 0.472 e. The Morgan fingerprint density at radius 1 is 1.02 bits per heavy atom. The molecule has 14 nitrogen and oxygen atoms in total. The van der Waals surface area contributed by atoms with Gasteiger partial charge in [-0.25, -0.2) is 4.79 Å². The molecular formula is C35H44O14. The standard InChI is InChI=1S/C35H44O14/c1-15(2)30(41)47-23-27(45-17(4)36)32(6,7)20(13-21(38)43-10)33(8)24(39)22-16(3)35(49-28(23)33)29(46-18(5)37)31(42)48-26(19-11-12-44-14-19)34(35,9)25(22)40/h11-12,14-15,20,22-23,25-29,40H,3,13H2,1-2,4-10H3. The monoisotopic (exact) mass is 688 g/mol. The number of rotatable bonds is 7. The fraction of sp³-hybridized carbons (Fsp3) is 0.657. The number of esters is 5. The Morgan fingerprint density at radius 3 is 2.18 bits per heavy atom. The van der Waals surface area contributed by atoms with E-state index in [0.29, 0.717) is 5.56 Å². The molecule has 2 aliphatic carbocycles. The third-order valence-electron chi connectivity index (χ3n) is 11.4. The first kappa shape index (κ1) is 36.2. The quantitative estimate of drug-likeness (QED) is 0.250. The van der Waals surface area contributed by atoms with Crippen molar-refractivity contribution in [2.24, 2.45) is 34.0 Å². The van der Waals surface area contributed by atoms with E-state index in [1.807, 2.05) is 0 Å². The second-order valence-electron chi connectivity index (χ2n) is 14.8. The average molecular weight is 689 g/mol. The van der Waals surface area contributed by atoms with Crippen molar-refractivity contribution in [1.29, 1.82) is 0 Å². The van der Waals surface area contributed by atoms with Gasteiger partial charge in [0.25, 0.3) is 0 Å². The normalized spacial score (nSPS) is 39.2. The second-order valence-corrected chi connectivity index (χ2v) is 14.8. The molecule has 2 saturated carbocycles. The SMILES string of the molecule is C=C1C2C(=O)C3(C)C(OC14C(OC(C)=O)C(=O)OC(c1ccoc1)C4(C)C2O)C(OC(=O)C(C)C)C(OC(C)=O)C(C)(C)C3CC(=O)OC. The number of Topliss-reactive ketones (excluding diaryl/α,β-unsaturated/α-hetero) is 1. The van der Waals surface area contributed by atoms with Gasteiger partial charge in [-0.2, -0.15) is 0 Å². The van der Waals surface area contributed by atoms with Gasteiger partial charge in [0.05, 0.1) is 54.8 Å². The molecule has 268 valence electrons. The highest BCUT2D eigenvalue weighted by Crippen LogP contribution is 2.71. The van der Waals surface area contributed by atoms with E-state index in [2.05, 4.69) is 6.58 Å². The number of furan rings is 1. The van der Waals surface area contributed by atoms with Crippen LogP contribution in [0.15, 0.2) is 35.2 Å². The van der Waals surface area contributed by atoms with Crippen LogP contribution in [-0.4, -0.2) is 84.0 Å². The van der Waals surface area contributed by atoms with E-state index in [0.717, 1.165) is 6.92 Å². The van der Waals surface area contributed by atoms with E-state index in [1.54, 1.807) is 27.7 Å². The Kier molecular flexibility index (Phi) is 8.93. The number of hydrogen-bond acceptors (Lipinski definition) is 14. The van der Waals surface area contributed by atoms with Crippen LogP contribution in [0.1, 0.15) is 73.5 Å². The maximum absolute atomic E-state index is 15.4. The Hall–Kier alpha value is -4.04. The number of carbonyl (C=O) groups excluding carboxylic acids is 6. The van der Waals surface area contributed by atoms with Crippen LogP contribution < -0.4 is 0 Å². The first-order valence-corrected chi connectivity index (χ1v) is 16.2. The summed E-state index contributed by atoms with van der Waals surface area (Å²) in [5.41, 5.74) is -6.82. The van der Waals surface area contributed by atoms with Crippen molar-refractivity contribution in [2.75, 3.05) is 7.11 Å². The Balaban J connectivity index is 1.87. The van der Waals surface area contributed by atoms with Crippen molar-refractivity contribution in [1.82, 2.24) is 0 Å². The number of carbonyl (C=O) groups is 6. The van der Waals surface area contributed by atoms with Crippen LogP contribution >= 0.6 is 0 Å². The smallest absolute Gasteiger partial charge is 0.351 e. The molecule has 4 aliphatic rings. The highest BCUT2D eigenvalue weighted by molar-refractivity contribution is 5.95. The van der Waals surface area contributed by atoms with Crippen LogP contribution in [-0.2, 0) is 57.2 Å². The number of methoxy groups -OCH3 is 1. The molecule has 3 heterocycles. The zero-order valence-electron chi connectivity index (χ0n) is 29.1. The lowest BCUT2D eigenvalue weighted by atomic mass is 9.49. The number of aliphatic hydroxyl groups is 1. The first-order chi connectivity index (χ1) is 22.7. The van der Waals surface area contributed by atoms with Gasteiger partial charge >= 0.3 is 29.8 Å². The first-order valence-electron chi connectivity index (χ1n) is 16.2. The van der Waals surface area contributed by atoms with Crippen molar-refractivity contribution in [3.8, 4) is 0 Å². The van der Waals surface area contributed by atoms with Gasteiger partial charge in [-0.15, -0.1) is 0 Å². The summed E-state index contributed by atoms with van der Waals surface area (Å²) in [6.07, 6.45) is -6.99. The molecular weight excluding hydrogens is 644 g/mol. The number of hydrogen-bond donors (Lipinski definition) is 1. The van der Waals surface area contributed by atoms with E-state index in [4.69, 9.17) is 32.8 Å². The molecule has 5 rings (SSSR count). The van der Waals surface area contributed by atoms with E-state index >= 15 is 4.79 Å². The summed E-state index contributed by atoms with van der Waals surface area (Å²) >= 11 is 0. The van der Waals surface area contributed by atoms with Gasteiger partial charge in [-0.3, -0.25) is 24.0 Å².